The second-order valence-corrected chi connectivity index (χ2v) is 13.5. The Morgan fingerprint density at radius 2 is 1.98 bits per heavy atom. The summed E-state index contributed by atoms with van der Waals surface area (Å²) in [5, 5.41) is 0. The maximum atomic E-state index is 12.7. The molecule has 0 spiro atoms. The lowest BCUT2D eigenvalue weighted by Crippen LogP contribution is -2.28. The molecule has 5 unspecified atom stereocenters. The van der Waals surface area contributed by atoms with Crippen LogP contribution in [0, 0.1) is 35.5 Å². The van der Waals surface area contributed by atoms with Gasteiger partial charge in [-0.15, -0.1) is 0 Å². The van der Waals surface area contributed by atoms with Crippen LogP contribution in [0.25, 0.3) is 22.2 Å². The fourth-order valence-corrected chi connectivity index (χ4v) is 7.11. The zero-order valence-corrected chi connectivity index (χ0v) is 25.9. The lowest BCUT2D eigenvalue weighted by molar-refractivity contribution is 0.100. The monoisotopic (exact) mass is 555 g/mol. The molecule has 1 aliphatic heterocycles. The highest BCUT2D eigenvalue weighted by Gasteiger charge is 2.30. The van der Waals surface area contributed by atoms with Gasteiger partial charge in [0.15, 0.2) is 0 Å². The van der Waals surface area contributed by atoms with Crippen molar-refractivity contribution in [2.24, 2.45) is 46.2 Å². The second kappa shape index (κ2) is 12.4. The lowest BCUT2D eigenvalue weighted by Gasteiger charge is -2.35. The van der Waals surface area contributed by atoms with Crippen LogP contribution < -0.4 is 10.6 Å². The number of aromatic nitrogens is 2. The number of H-pyrrole nitrogens is 1. The van der Waals surface area contributed by atoms with E-state index in [0.717, 1.165) is 65.7 Å². The summed E-state index contributed by atoms with van der Waals surface area (Å²) in [4.78, 5) is 27.7. The molecule has 3 N–H and O–H groups in total. The number of hydrogen-bond acceptors (Lipinski definition) is 4. The molecule has 1 saturated carbocycles. The third-order valence-electron chi connectivity index (χ3n) is 10.3. The molecular weight excluding hydrogens is 506 g/mol. The number of hydrogen-bond donors (Lipinski definition) is 2. The minimum atomic E-state index is -0.439. The van der Waals surface area contributed by atoms with Crippen LogP contribution in [-0.2, 0) is 6.42 Å². The van der Waals surface area contributed by atoms with Crippen LogP contribution in [-0.4, -0.2) is 35.7 Å². The molecule has 2 aliphatic rings. The number of benzene rings is 2. The topological polar surface area (TPSA) is 87.4 Å². The van der Waals surface area contributed by atoms with Gasteiger partial charge in [-0.05, 0) is 78.5 Å². The Labute approximate surface area is 246 Å². The van der Waals surface area contributed by atoms with Gasteiger partial charge in [-0.1, -0.05) is 66.0 Å². The summed E-state index contributed by atoms with van der Waals surface area (Å²) in [7, 11) is 2.05. The Kier molecular flexibility index (Phi) is 8.86. The quantitative estimate of drug-likeness (QED) is 0.264. The summed E-state index contributed by atoms with van der Waals surface area (Å²) >= 11 is 0. The van der Waals surface area contributed by atoms with E-state index in [1.54, 1.807) is 6.33 Å². The molecule has 220 valence electrons. The van der Waals surface area contributed by atoms with Crippen LogP contribution in [0.1, 0.15) is 89.1 Å². The molecule has 3 aromatic rings. The van der Waals surface area contributed by atoms with Crippen molar-refractivity contribution in [1.82, 2.24) is 9.97 Å². The Morgan fingerprint density at radius 3 is 2.71 bits per heavy atom. The van der Waals surface area contributed by atoms with E-state index in [4.69, 9.17) is 10.7 Å². The van der Waals surface area contributed by atoms with Gasteiger partial charge >= 0.3 is 0 Å². The van der Waals surface area contributed by atoms with Crippen LogP contribution in [0.15, 0.2) is 35.6 Å². The third kappa shape index (κ3) is 6.22. The van der Waals surface area contributed by atoms with Crippen molar-refractivity contribution in [2.75, 3.05) is 18.5 Å². The number of imidazole rings is 1. The van der Waals surface area contributed by atoms with Crippen molar-refractivity contribution in [3.63, 3.8) is 0 Å². The number of nitrogens with one attached hydrogen (secondary N) is 1. The van der Waals surface area contributed by atoms with Gasteiger partial charge in [0.25, 0.3) is 5.91 Å². The molecule has 0 saturated heterocycles. The predicted octanol–water partition coefficient (Wildman–Crippen LogP) is 8.17. The van der Waals surface area contributed by atoms with Gasteiger partial charge < -0.3 is 15.6 Å². The summed E-state index contributed by atoms with van der Waals surface area (Å²) in [5.41, 5.74) is 13.2. The normalized spacial score (nSPS) is 22.1. The van der Waals surface area contributed by atoms with Crippen molar-refractivity contribution in [1.29, 1.82) is 0 Å². The van der Waals surface area contributed by atoms with E-state index >= 15 is 0 Å². The summed E-state index contributed by atoms with van der Waals surface area (Å²) < 4.78 is 0. The first-order valence-electron chi connectivity index (χ1n) is 15.8. The smallest absolute Gasteiger partial charge is 0.253 e. The van der Waals surface area contributed by atoms with Gasteiger partial charge in [-0.25, -0.2) is 4.98 Å². The van der Waals surface area contributed by atoms with Crippen molar-refractivity contribution in [2.45, 2.75) is 79.6 Å². The molecule has 2 heterocycles. The molecule has 1 aliphatic carbocycles. The number of fused-ring (bicyclic) bond motifs is 2. The highest BCUT2D eigenvalue weighted by Crippen LogP contribution is 2.42. The highest BCUT2D eigenvalue weighted by atomic mass is 16.1. The van der Waals surface area contributed by atoms with E-state index in [2.05, 4.69) is 87.0 Å². The fourth-order valence-electron chi connectivity index (χ4n) is 7.11. The van der Waals surface area contributed by atoms with Gasteiger partial charge in [-0.2, -0.15) is 0 Å². The third-order valence-corrected chi connectivity index (χ3v) is 10.3. The number of nitrogens with zero attached hydrogens (tertiary/aromatic N) is 3. The molecule has 2 aromatic carbocycles. The molecule has 41 heavy (non-hydrogen) atoms. The maximum absolute atomic E-state index is 12.7. The number of carbonyl (C=O) groups is 1. The summed E-state index contributed by atoms with van der Waals surface area (Å²) in [6.07, 6.45) is 12.6. The van der Waals surface area contributed by atoms with Crippen molar-refractivity contribution < 1.29 is 4.79 Å². The van der Waals surface area contributed by atoms with Gasteiger partial charge in [-0.3, -0.25) is 9.79 Å². The molecule has 5 atom stereocenters. The molecular formula is C35H49N5O. The van der Waals surface area contributed by atoms with Crippen LogP contribution in [0.2, 0.25) is 0 Å². The van der Waals surface area contributed by atoms with Gasteiger partial charge in [0.05, 0.1) is 34.3 Å². The summed E-state index contributed by atoms with van der Waals surface area (Å²) in [6.45, 7) is 12.6. The number of primary amides is 1. The summed E-state index contributed by atoms with van der Waals surface area (Å²) in [5.74, 6) is 3.68. The number of carbonyl (C=O) groups excluding carboxylic acids is 1. The number of aromatic amines is 1. The number of rotatable bonds is 10. The standard InChI is InChI=1S/C35H49N5O/c1-21(2)23(4)10-8-14-40(6)31-18-29(33-34(39-20-38-33)32(31)35(36)41)26-12-13-27-16-28(19-37-30(27)17-26)24(5)25-11-7-9-22(3)15-25/h12-13,17-25,28H,7-11,14-16H2,1-6H3,(H2,36,41)(H,38,39). The molecule has 0 bridgehead atoms. The summed E-state index contributed by atoms with van der Waals surface area (Å²) in [6, 6.07) is 8.74. The molecule has 1 aromatic heterocycles. The Hall–Kier alpha value is -3.15. The first-order valence-corrected chi connectivity index (χ1v) is 15.8. The Balaban J connectivity index is 1.43. The van der Waals surface area contributed by atoms with E-state index in [1.807, 2.05) is 0 Å². The molecule has 1 amide bonds. The number of nitrogens with two attached hydrogens (primary N) is 1. The number of amides is 1. The van der Waals surface area contributed by atoms with Gasteiger partial charge in [0.1, 0.15) is 0 Å². The molecule has 5 rings (SSSR count). The Morgan fingerprint density at radius 1 is 1.17 bits per heavy atom. The maximum Gasteiger partial charge on any atom is 0.253 e. The molecule has 0 radical (unpaired) electrons. The van der Waals surface area contributed by atoms with E-state index < -0.39 is 5.91 Å². The fraction of sp³-hybridized carbons (Fsp3) is 0.571. The van der Waals surface area contributed by atoms with Crippen molar-refractivity contribution in [3.8, 4) is 11.1 Å². The van der Waals surface area contributed by atoms with E-state index in [-0.39, 0.29) is 0 Å². The van der Waals surface area contributed by atoms with E-state index in [1.165, 1.54) is 31.2 Å². The zero-order chi connectivity index (χ0) is 29.3. The average Bonchev–Trinajstić information content (AvgIpc) is 3.44. The largest absolute Gasteiger partial charge is 0.374 e. The predicted molar refractivity (Wildman–Crippen MR) is 172 cm³/mol. The first-order chi connectivity index (χ1) is 19.6. The number of aliphatic imine (C=N–C) groups is 1. The van der Waals surface area contributed by atoms with Crippen LogP contribution >= 0.6 is 0 Å². The van der Waals surface area contributed by atoms with E-state index in [9.17, 15) is 4.79 Å². The van der Waals surface area contributed by atoms with Gasteiger partial charge in [0, 0.05) is 31.3 Å². The minimum Gasteiger partial charge on any atom is -0.374 e. The first kappa shape index (κ1) is 29.3. The molecule has 1 fully saturated rings. The molecule has 6 heteroatoms. The van der Waals surface area contributed by atoms with Crippen LogP contribution in [0.4, 0.5) is 11.4 Å². The van der Waals surface area contributed by atoms with Crippen molar-refractivity contribution >= 4 is 34.5 Å². The highest BCUT2D eigenvalue weighted by molar-refractivity contribution is 6.12. The second-order valence-electron chi connectivity index (χ2n) is 13.5. The molecule has 6 nitrogen and oxygen atoms in total. The Bertz CT molecular complexity index is 1410. The van der Waals surface area contributed by atoms with Crippen LogP contribution in [0.5, 0.6) is 0 Å². The van der Waals surface area contributed by atoms with E-state index in [0.29, 0.717) is 34.8 Å². The van der Waals surface area contributed by atoms with Crippen molar-refractivity contribution in [3.05, 3.63) is 41.7 Å². The lowest BCUT2D eigenvalue weighted by atomic mass is 9.70. The average molecular weight is 556 g/mol. The number of anilines is 1. The minimum absolute atomic E-state index is 0.439. The zero-order valence-electron chi connectivity index (χ0n) is 25.9. The van der Waals surface area contributed by atoms with Gasteiger partial charge in [0.2, 0.25) is 0 Å². The SMILES string of the molecule is CC1CCCC(C(C)C2C=Nc3cc(-c4cc(N(C)CCCC(C)C(C)C)c(C(N)=O)c5[nH]cnc45)ccc3C2)C1. The van der Waals surface area contributed by atoms with Crippen LogP contribution in [0.3, 0.4) is 0 Å².